The van der Waals surface area contributed by atoms with Gasteiger partial charge in [-0.25, -0.2) is 13.2 Å². The van der Waals surface area contributed by atoms with Crippen LogP contribution in [0.2, 0.25) is 0 Å². The molecule has 1 rings (SSSR count). The maximum Gasteiger partial charge on any atom is 0.166 e. The summed E-state index contributed by atoms with van der Waals surface area (Å²) in [7, 11) is 0. The number of nitrogens with two attached hydrogens (primary N) is 1. The van der Waals surface area contributed by atoms with Crippen molar-refractivity contribution in [3.8, 4) is 0 Å². The van der Waals surface area contributed by atoms with Crippen LogP contribution >= 0.6 is 0 Å². The summed E-state index contributed by atoms with van der Waals surface area (Å²) < 4.78 is 39.9. The predicted octanol–water partition coefficient (Wildman–Crippen LogP) is 2.90. The molecule has 3 N–H and O–H groups in total. The van der Waals surface area contributed by atoms with Gasteiger partial charge >= 0.3 is 0 Å². The van der Waals surface area contributed by atoms with Crippen molar-refractivity contribution in [3.63, 3.8) is 0 Å². The number of benzene rings is 1. The van der Waals surface area contributed by atoms with Gasteiger partial charge in [0.2, 0.25) is 0 Å². The smallest absolute Gasteiger partial charge is 0.166 e. The van der Waals surface area contributed by atoms with Crippen molar-refractivity contribution < 1.29 is 18.3 Å². The molecule has 0 spiro atoms. The van der Waals surface area contributed by atoms with Crippen LogP contribution in [-0.2, 0) is 0 Å². The molecule has 0 aliphatic heterocycles. The summed E-state index contributed by atoms with van der Waals surface area (Å²) in [4.78, 5) is 0. The van der Waals surface area contributed by atoms with E-state index in [1.54, 1.807) is 0 Å². The minimum Gasteiger partial charge on any atom is -0.391 e. The number of rotatable bonds is 5. The molecule has 1 aromatic rings. The molecule has 0 fully saturated rings. The zero-order chi connectivity index (χ0) is 13.9. The van der Waals surface area contributed by atoms with Crippen LogP contribution in [0.3, 0.4) is 0 Å². The Morgan fingerprint density at radius 2 is 1.67 bits per heavy atom. The normalized spacial score (nSPS) is 14.9. The van der Waals surface area contributed by atoms with Crippen LogP contribution in [0.4, 0.5) is 13.2 Å². The molecule has 0 unspecified atom stereocenters. The van der Waals surface area contributed by atoms with Gasteiger partial charge in [0.05, 0.1) is 12.1 Å². The van der Waals surface area contributed by atoms with E-state index in [-0.39, 0.29) is 0 Å². The van der Waals surface area contributed by atoms with Gasteiger partial charge in [-0.1, -0.05) is 13.8 Å². The zero-order valence-electron chi connectivity index (χ0n) is 10.5. The maximum atomic E-state index is 13.5. The molecule has 0 saturated heterocycles. The number of aliphatic hydroxyl groups excluding tert-OH is 1. The Morgan fingerprint density at radius 1 is 1.11 bits per heavy atom. The van der Waals surface area contributed by atoms with Crippen molar-refractivity contribution in [2.24, 2.45) is 11.7 Å². The van der Waals surface area contributed by atoms with Crippen molar-refractivity contribution in [2.75, 3.05) is 0 Å². The quantitative estimate of drug-likeness (QED) is 0.800. The third-order valence-corrected chi connectivity index (χ3v) is 2.87. The molecule has 0 bridgehead atoms. The number of hydrogen-bond acceptors (Lipinski definition) is 2. The first-order chi connectivity index (χ1) is 8.34. The molecule has 2 atom stereocenters. The van der Waals surface area contributed by atoms with Crippen molar-refractivity contribution >= 4 is 0 Å². The molecule has 5 heteroatoms. The molecule has 102 valence electrons. The van der Waals surface area contributed by atoms with E-state index in [2.05, 4.69) is 0 Å². The highest BCUT2D eigenvalue weighted by atomic mass is 19.2. The largest absolute Gasteiger partial charge is 0.391 e. The second-order valence-corrected chi connectivity index (χ2v) is 4.82. The van der Waals surface area contributed by atoms with Crippen molar-refractivity contribution in [1.29, 1.82) is 0 Å². The van der Waals surface area contributed by atoms with Crippen molar-refractivity contribution in [2.45, 2.75) is 38.8 Å². The fourth-order valence-electron chi connectivity index (χ4n) is 1.72. The van der Waals surface area contributed by atoms with Crippen LogP contribution in [0.1, 0.15) is 38.3 Å². The van der Waals surface area contributed by atoms with Gasteiger partial charge in [0.25, 0.3) is 0 Å². The summed E-state index contributed by atoms with van der Waals surface area (Å²) in [5.41, 5.74) is 5.01. The first-order valence-corrected chi connectivity index (χ1v) is 5.91. The average Bonchev–Trinajstić information content (AvgIpc) is 2.31. The highest BCUT2D eigenvalue weighted by molar-refractivity contribution is 5.25. The van der Waals surface area contributed by atoms with Crippen LogP contribution in [-0.4, -0.2) is 11.2 Å². The lowest BCUT2D eigenvalue weighted by molar-refractivity contribution is 0.125. The highest BCUT2D eigenvalue weighted by Crippen LogP contribution is 2.25. The monoisotopic (exact) mass is 261 g/mol. The van der Waals surface area contributed by atoms with E-state index < -0.39 is 35.2 Å². The number of halogens is 3. The Morgan fingerprint density at radius 3 is 2.22 bits per heavy atom. The van der Waals surface area contributed by atoms with Crippen LogP contribution < -0.4 is 5.73 Å². The zero-order valence-corrected chi connectivity index (χ0v) is 10.5. The lowest BCUT2D eigenvalue weighted by Gasteiger charge is -2.21. The molecule has 0 radical (unpaired) electrons. The minimum atomic E-state index is -1.33. The molecule has 0 aromatic heterocycles. The third kappa shape index (κ3) is 3.46. The SMILES string of the molecule is CC(C)CC[C@@H](O)[C@@H](N)c1c(F)ccc(F)c1F. The van der Waals surface area contributed by atoms with E-state index in [0.717, 1.165) is 6.07 Å². The van der Waals surface area contributed by atoms with Gasteiger partial charge in [-0.2, -0.15) is 0 Å². The van der Waals surface area contributed by atoms with E-state index in [1.165, 1.54) is 0 Å². The molecular formula is C13H18F3NO. The highest BCUT2D eigenvalue weighted by Gasteiger charge is 2.25. The fraction of sp³-hybridized carbons (Fsp3) is 0.538. The Labute approximate surface area is 105 Å². The Hall–Kier alpha value is -1.07. The van der Waals surface area contributed by atoms with E-state index in [0.29, 0.717) is 24.8 Å². The summed E-state index contributed by atoms with van der Waals surface area (Å²) in [5, 5.41) is 9.78. The molecule has 0 aliphatic carbocycles. The molecule has 2 nitrogen and oxygen atoms in total. The Kier molecular flexibility index (Phi) is 5.16. The summed E-state index contributed by atoms with van der Waals surface area (Å²) in [5.74, 6) is -3.09. The molecule has 1 aromatic carbocycles. The van der Waals surface area contributed by atoms with Gasteiger partial charge in [0.15, 0.2) is 11.6 Å². The first kappa shape index (κ1) is 15.0. The molecule has 0 heterocycles. The van der Waals surface area contributed by atoms with Crippen molar-refractivity contribution in [1.82, 2.24) is 0 Å². The van der Waals surface area contributed by atoms with Gasteiger partial charge in [-0.05, 0) is 30.9 Å². The van der Waals surface area contributed by atoms with Crippen LogP contribution in [0.15, 0.2) is 12.1 Å². The van der Waals surface area contributed by atoms with Crippen LogP contribution in [0.25, 0.3) is 0 Å². The minimum absolute atomic E-state index is 0.314. The topological polar surface area (TPSA) is 46.2 Å². The average molecular weight is 261 g/mol. The molecule has 0 saturated carbocycles. The molecular weight excluding hydrogens is 243 g/mol. The second kappa shape index (κ2) is 6.20. The first-order valence-electron chi connectivity index (χ1n) is 5.91. The van der Waals surface area contributed by atoms with E-state index in [9.17, 15) is 18.3 Å². The molecule has 0 aliphatic rings. The number of hydrogen-bond donors (Lipinski definition) is 2. The van der Waals surface area contributed by atoms with Gasteiger partial charge < -0.3 is 10.8 Å². The third-order valence-electron chi connectivity index (χ3n) is 2.87. The van der Waals surface area contributed by atoms with Crippen LogP contribution in [0, 0.1) is 23.4 Å². The Balaban J connectivity index is 2.89. The van der Waals surface area contributed by atoms with Crippen molar-refractivity contribution in [3.05, 3.63) is 35.1 Å². The van der Waals surface area contributed by atoms with Gasteiger partial charge in [0, 0.05) is 5.56 Å². The standard InChI is InChI=1S/C13H18F3NO/c1-7(2)3-6-10(18)13(17)11-8(14)4-5-9(15)12(11)16/h4-5,7,10,13,18H,3,6,17H2,1-2H3/t10-,13-/m1/s1. The van der Waals surface area contributed by atoms with E-state index >= 15 is 0 Å². The second-order valence-electron chi connectivity index (χ2n) is 4.82. The van der Waals surface area contributed by atoms with E-state index in [4.69, 9.17) is 5.73 Å². The Bertz CT molecular complexity index is 409. The number of aliphatic hydroxyl groups is 1. The lowest BCUT2D eigenvalue weighted by atomic mass is 9.95. The van der Waals surface area contributed by atoms with Gasteiger partial charge in [0.1, 0.15) is 5.82 Å². The molecule has 18 heavy (non-hydrogen) atoms. The summed E-state index contributed by atoms with van der Waals surface area (Å²) in [6, 6.07) is 0.240. The van der Waals surface area contributed by atoms with Gasteiger partial charge in [-0.15, -0.1) is 0 Å². The van der Waals surface area contributed by atoms with Crippen LogP contribution in [0.5, 0.6) is 0 Å². The summed E-state index contributed by atoms with van der Waals surface area (Å²) in [6.45, 7) is 3.92. The van der Waals surface area contributed by atoms with Gasteiger partial charge in [-0.3, -0.25) is 0 Å². The molecule has 0 amide bonds. The fourth-order valence-corrected chi connectivity index (χ4v) is 1.72. The lowest BCUT2D eigenvalue weighted by Crippen LogP contribution is -2.28. The summed E-state index contributed by atoms with van der Waals surface area (Å²) >= 11 is 0. The van der Waals surface area contributed by atoms with E-state index in [1.807, 2.05) is 13.8 Å². The maximum absolute atomic E-state index is 13.5. The predicted molar refractivity (Wildman–Crippen MR) is 63.3 cm³/mol. The summed E-state index contributed by atoms with van der Waals surface area (Å²) in [6.07, 6.45) is -0.111.